The number of nitrogens with one attached hydrogen (secondary N) is 1. The minimum atomic E-state index is 0.230. The summed E-state index contributed by atoms with van der Waals surface area (Å²) < 4.78 is 0. The second kappa shape index (κ2) is 4.24. The van der Waals surface area contributed by atoms with Gasteiger partial charge in [-0.25, -0.2) is 0 Å². The Morgan fingerprint density at radius 2 is 2.23 bits per heavy atom. The minimum Gasteiger partial charge on any atom is -0.396 e. The van der Waals surface area contributed by atoms with Crippen LogP contribution in [0.4, 0.5) is 0 Å². The van der Waals surface area contributed by atoms with Crippen molar-refractivity contribution in [3.63, 3.8) is 0 Å². The zero-order valence-corrected chi connectivity index (χ0v) is 13.3. The number of hydrogen-bond donors (Lipinski definition) is 2. The number of aryl methyl sites for hydroxylation is 1. The molecule has 2 heteroatoms. The summed E-state index contributed by atoms with van der Waals surface area (Å²) in [6.07, 6.45) is 9.79. The number of fused-ring (bicyclic) bond motifs is 2. The molecule has 0 aromatic heterocycles. The van der Waals surface area contributed by atoms with E-state index in [9.17, 15) is 5.11 Å². The topological polar surface area (TPSA) is 32.3 Å². The fourth-order valence-electron chi connectivity index (χ4n) is 6.43. The summed E-state index contributed by atoms with van der Waals surface area (Å²) in [6.45, 7) is 3.76. The van der Waals surface area contributed by atoms with E-state index in [0.29, 0.717) is 29.9 Å². The molecule has 2 N–H and O–H groups in total. The molecule has 1 aromatic carbocycles. The van der Waals surface area contributed by atoms with Crippen molar-refractivity contribution < 1.29 is 5.11 Å². The van der Waals surface area contributed by atoms with Gasteiger partial charge < -0.3 is 10.4 Å². The molecule has 2 fully saturated rings. The van der Waals surface area contributed by atoms with E-state index in [-0.39, 0.29) is 5.41 Å². The number of aliphatic hydroxyl groups excluding tert-OH is 1. The Morgan fingerprint density at radius 1 is 1.32 bits per heavy atom. The predicted octanol–water partition coefficient (Wildman–Crippen LogP) is 2.73. The summed E-state index contributed by atoms with van der Waals surface area (Å²) in [4.78, 5) is 0. The van der Waals surface area contributed by atoms with Gasteiger partial charge in [0, 0.05) is 23.5 Å². The number of rotatable bonds is 1. The van der Waals surface area contributed by atoms with Crippen molar-refractivity contribution in [2.75, 3.05) is 13.2 Å². The maximum Gasteiger partial charge on any atom is 0.0465 e. The highest BCUT2D eigenvalue weighted by Crippen LogP contribution is 2.67. The molecule has 2 unspecified atom stereocenters. The van der Waals surface area contributed by atoms with Crippen molar-refractivity contribution in [2.45, 2.75) is 44.1 Å². The number of benzene rings is 1. The van der Waals surface area contributed by atoms with Crippen molar-refractivity contribution in [1.82, 2.24) is 5.32 Å². The van der Waals surface area contributed by atoms with Gasteiger partial charge in [0.05, 0.1) is 0 Å². The van der Waals surface area contributed by atoms with E-state index in [1.54, 1.807) is 11.1 Å². The third kappa shape index (κ3) is 1.35. The molecule has 4 bridgehead atoms. The fraction of sp³-hybridized carbons (Fsp3) is 0.600. The molecular formula is C20H25NO. The highest BCUT2D eigenvalue weighted by atomic mass is 16.3. The van der Waals surface area contributed by atoms with Crippen LogP contribution in [-0.2, 0) is 11.8 Å². The lowest BCUT2D eigenvalue weighted by molar-refractivity contribution is -0.0551. The van der Waals surface area contributed by atoms with Crippen molar-refractivity contribution >= 4 is 0 Å². The smallest absolute Gasteiger partial charge is 0.0465 e. The summed E-state index contributed by atoms with van der Waals surface area (Å²) in [5.41, 5.74) is 5.24. The zero-order chi connectivity index (χ0) is 14.9. The number of aliphatic hydroxyl groups is 1. The van der Waals surface area contributed by atoms with E-state index in [1.165, 1.54) is 18.4 Å². The van der Waals surface area contributed by atoms with Gasteiger partial charge in [-0.15, -0.1) is 0 Å². The van der Waals surface area contributed by atoms with Gasteiger partial charge in [-0.05, 0) is 67.7 Å². The lowest BCUT2D eigenvalue weighted by Crippen LogP contribution is -2.69. The summed E-state index contributed by atoms with van der Waals surface area (Å²) in [5.74, 6) is 1.03. The molecule has 1 saturated carbocycles. The Kier molecular flexibility index (Phi) is 2.57. The second-order valence-electron chi connectivity index (χ2n) is 8.06. The summed E-state index contributed by atoms with van der Waals surface area (Å²) in [6, 6.07) is 7.49. The van der Waals surface area contributed by atoms with E-state index < -0.39 is 0 Å². The monoisotopic (exact) mass is 295 g/mol. The van der Waals surface area contributed by atoms with Crippen LogP contribution >= 0.6 is 0 Å². The normalized spacial score (nSPS) is 44.5. The SMILES string of the molecule is Cc1cccc2c1C[C@H]1NCC[C@@]23CC2C=C[C@@]13CC2CO. The van der Waals surface area contributed by atoms with Crippen LogP contribution in [0.3, 0.4) is 0 Å². The van der Waals surface area contributed by atoms with Gasteiger partial charge in [-0.3, -0.25) is 0 Å². The Morgan fingerprint density at radius 3 is 3.09 bits per heavy atom. The standard InChI is InChI=1S/C20H25NO/c1-13-3-2-4-17-16(13)9-18-20-6-5-14(15(11-20)12-22)10-19(17,20)7-8-21-18/h2-6,14-15,18,21-22H,7-12H2,1H3/t14?,15?,18-,19-,20-/m1/s1. The van der Waals surface area contributed by atoms with Crippen LogP contribution < -0.4 is 5.32 Å². The van der Waals surface area contributed by atoms with E-state index in [2.05, 4.69) is 42.6 Å². The van der Waals surface area contributed by atoms with E-state index in [4.69, 9.17) is 0 Å². The lowest BCUT2D eigenvalue weighted by Gasteiger charge is -2.67. The largest absolute Gasteiger partial charge is 0.396 e. The summed E-state index contributed by atoms with van der Waals surface area (Å²) in [5, 5.41) is 13.7. The van der Waals surface area contributed by atoms with Gasteiger partial charge in [0.25, 0.3) is 0 Å². The first-order valence-corrected chi connectivity index (χ1v) is 8.83. The van der Waals surface area contributed by atoms with Gasteiger partial charge in [-0.2, -0.15) is 0 Å². The molecule has 2 nitrogen and oxygen atoms in total. The van der Waals surface area contributed by atoms with Gasteiger partial charge >= 0.3 is 0 Å². The van der Waals surface area contributed by atoms with Gasteiger partial charge in [-0.1, -0.05) is 30.4 Å². The summed E-state index contributed by atoms with van der Waals surface area (Å²) >= 11 is 0. The first-order valence-electron chi connectivity index (χ1n) is 8.83. The molecule has 0 radical (unpaired) electrons. The molecule has 1 saturated heterocycles. The third-order valence-corrected chi connectivity index (χ3v) is 7.45. The number of hydrogen-bond acceptors (Lipinski definition) is 2. The van der Waals surface area contributed by atoms with Crippen molar-refractivity contribution in [3.8, 4) is 0 Å². The van der Waals surface area contributed by atoms with Crippen molar-refractivity contribution in [2.24, 2.45) is 17.3 Å². The first-order chi connectivity index (χ1) is 10.7. The fourth-order valence-corrected chi connectivity index (χ4v) is 6.43. The highest BCUT2D eigenvalue weighted by molar-refractivity contribution is 5.50. The predicted molar refractivity (Wildman–Crippen MR) is 87.8 cm³/mol. The number of piperidine rings is 1. The molecule has 1 spiro atoms. The lowest BCUT2D eigenvalue weighted by atomic mass is 9.39. The molecule has 0 amide bonds. The molecule has 1 heterocycles. The molecule has 22 heavy (non-hydrogen) atoms. The van der Waals surface area contributed by atoms with E-state index in [0.717, 1.165) is 19.4 Å². The van der Waals surface area contributed by atoms with Crippen molar-refractivity contribution in [3.05, 3.63) is 47.0 Å². The van der Waals surface area contributed by atoms with Crippen LogP contribution in [0.5, 0.6) is 0 Å². The third-order valence-electron chi connectivity index (χ3n) is 7.45. The molecule has 116 valence electrons. The van der Waals surface area contributed by atoms with Crippen LogP contribution in [0.15, 0.2) is 30.4 Å². The van der Waals surface area contributed by atoms with Gasteiger partial charge in [0.2, 0.25) is 0 Å². The maximum atomic E-state index is 9.85. The molecule has 1 aliphatic heterocycles. The van der Waals surface area contributed by atoms with Crippen LogP contribution in [0.2, 0.25) is 0 Å². The van der Waals surface area contributed by atoms with Crippen LogP contribution in [0, 0.1) is 24.2 Å². The van der Waals surface area contributed by atoms with Crippen molar-refractivity contribution in [1.29, 1.82) is 0 Å². The molecule has 1 aromatic rings. The molecule has 5 aliphatic rings. The van der Waals surface area contributed by atoms with E-state index in [1.807, 2.05) is 0 Å². The average molecular weight is 295 g/mol. The molecule has 5 atom stereocenters. The maximum absolute atomic E-state index is 9.85. The van der Waals surface area contributed by atoms with Crippen LogP contribution in [0.25, 0.3) is 0 Å². The minimum absolute atomic E-state index is 0.230. The Balaban J connectivity index is 1.77. The second-order valence-corrected chi connectivity index (χ2v) is 8.06. The van der Waals surface area contributed by atoms with Gasteiger partial charge in [0.15, 0.2) is 0 Å². The summed E-state index contributed by atoms with van der Waals surface area (Å²) in [7, 11) is 0. The molecule has 4 aliphatic carbocycles. The molecule has 6 rings (SSSR count). The Hall–Kier alpha value is -1.12. The van der Waals surface area contributed by atoms with Crippen LogP contribution in [-0.4, -0.2) is 24.3 Å². The highest BCUT2D eigenvalue weighted by Gasteiger charge is 2.65. The quantitative estimate of drug-likeness (QED) is 0.781. The number of allylic oxidation sites excluding steroid dienone is 1. The van der Waals surface area contributed by atoms with Crippen LogP contribution in [0.1, 0.15) is 36.0 Å². The average Bonchev–Trinajstić information content (AvgIpc) is 2.54. The first kappa shape index (κ1) is 13.3. The van der Waals surface area contributed by atoms with E-state index >= 15 is 0 Å². The molecular weight excluding hydrogens is 270 g/mol. The van der Waals surface area contributed by atoms with Gasteiger partial charge in [0.1, 0.15) is 0 Å². The Labute approximate surface area is 132 Å². The Bertz CT molecular complexity index is 666. The zero-order valence-electron chi connectivity index (χ0n) is 13.3.